The summed E-state index contributed by atoms with van der Waals surface area (Å²) in [7, 11) is 0. The first kappa shape index (κ1) is 13.9. The van der Waals surface area contributed by atoms with Crippen molar-refractivity contribution in [3.05, 3.63) is 36.0 Å². The Bertz CT molecular complexity index is 648. The molecule has 0 unspecified atom stereocenters. The fourth-order valence-corrected chi connectivity index (χ4v) is 2.71. The first-order valence-corrected chi connectivity index (χ1v) is 7.51. The van der Waals surface area contributed by atoms with Crippen LogP contribution in [0.3, 0.4) is 0 Å². The summed E-state index contributed by atoms with van der Waals surface area (Å²) in [5, 5.41) is 1.03. The molecule has 0 radical (unpaired) electrons. The second kappa shape index (κ2) is 6.12. The number of pyridine rings is 1. The van der Waals surface area contributed by atoms with Crippen LogP contribution in [0.1, 0.15) is 25.0 Å². The Hall–Kier alpha value is -2.10. The normalized spacial score (nSPS) is 15.2. The number of hydrogen-bond donors (Lipinski definition) is 0. The predicted octanol–water partition coefficient (Wildman–Crippen LogP) is 2.93. The van der Waals surface area contributed by atoms with Crippen molar-refractivity contribution in [3.8, 4) is 5.75 Å². The number of carbonyl (C=O) groups excluding carboxylic acids is 1. The molecule has 0 N–H and O–H groups in total. The van der Waals surface area contributed by atoms with Gasteiger partial charge in [0, 0.05) is 24.2 Å². The Morgan fingerprint density at radius 3 is 2.81 bits per heavy atom. The molecule has 2 heterocycles. The lowest BCUT2D eigenvalue weighted by atomic mass is 10.1. The second-order valence-electron chi connectivity index (χ2n) is 5.51. The zero-order valence-corrected chi connectivity index (χ0v) is 12.3. The summed E-state index contributed by atoms with van der Waals surface area (Å²) >= 11 is 0. The SMILES string of the molecule is Cc1ccc2cccc(OCC(=O)N3CCCCC3)c2n1. The number of fused-ring (bicyclic) bond motifs is 1. The maximum Gasteiger partial charge on any atom is 0.260 e. The molecular formula is C17H20N2O2. The third kappa shape index (κ3) is 3.15. The van der Waals surface area contributed by atoms with Crippen LogP contribution in [-0.2, 0) is 4.79 Å². The van der Waals surface area contributed by atoms with Gasteiger partial charge in [-0.25, -0.2) is 4.98 Å². The minimum absolute atomic E-state index is 0.0688. The molecule has 1 aliphatic rings. The van der Waals surface area contributed by atoms with Crippen LogP contribution < -0.4 is 4.74 Å². The van der Waals surface area contributed by atoms with Gasteiger partial charge in [-0.15, -0.1) is 0 Å². The molecule has 4 heteroatoms. The number of nitrogens with zero attached hydrogens (tertiary/aromatic N) is 2. The lowest BCUT2D eigenvalue weighted by molar-refractivity contribution is -0.134. The van der Waals surface area contributed by atoms with Gasteiger partial charge in [-0.05, 0) is 38.3 Å². The van der Waals surface area contributed by atoms with E-state index in [2.05, 4.69) is 4.98 Å². The van der Waals surface area contributed by atoms with E-state index in [4.69, 9.17) is 4.74 Å². The zero-order valence-electron chi connectivity index (χ0n) is 12.3. The molecule has 1 aliphatic heterocycles. The van der Waals surface area contributed by atoms with Crippen LogP contribution in [0.5, 0.6) is 5.75 Å². The van der Waals surface area contributed by atoms with Gasteiger partial charge < -0.3 is 9.64 Å². The first-order chi connectivity index (χ1) is 10.2. The van der Waals surface area contributed by atoms with Crippen molar-refractivity contribution in [2.45, 2.75) is 26.2 Å². The fraction of sp³-hybridized carbons (Fsp3) is 0.412. The van der Waals surface area contributed by atoms with Crippen LogP contribution in [0, 0.1) is 6.92 Å². The summed E-state index contributed by atoms with van der Waals surface area (Å²) in [6, 6.07) is 9.81. The van der Waals surface area contributed by atoms with Crippen LogP contribution in [0.15, 0.2) is 30.3 Å². The summed E-state index contributed by atoms with van der Waals surface area (Å²) in [6.07, 6.45) is 3.42. The molecule has 0 aliphatic carbocycles. The average molecular weight is 284 g/mol. The third-order valence-corrected chi connectivity index (χ3v) is 3.88. The van der Waals surface area contributed by atoms with Crippen LogP contribution in [0.25, 0.3) is 10.9 Å². The van der Waals surface area contributed by atoms with Crippen molar-refractivity contribution in [2.75, 3.05) is 19.7 Å². The number of carbonyl (C=O) groups is 1. The van der Waals surface area contributed by atoms with Gasteiger partial charge in [-0.1, -0.05) is 18.2 Å². The number of rotatable bonds is 3. The number of aryl methyl sites for hydroxylation is 1. The number of hydrogen-bond acceptors (Lipinski definition) is 3. The maximum atomic E-state index is 12.2. The van der Waals surface area contributed by atoms with Crippen molar-refractivity contribution in [3.63, 3.8) is 0 Å². The van der Waals surface area contributed by atoms with Gasteiger partial charge in [0.05, 0.1) is 0 Å². The molecule has 0 saturated carbocycles. The van der Waals surface area contributed by atoms with Crippen molar-refractivity contribution < 1.29 is 9.53 Å². The monoisotopic (exact) mass is 284 g/mol. The van der Waals surface area contributed by atoms with Crippen LogP contribution in [0.2, 0.25) is 0 Å². The van der Waals surface area contributed by atoms with Crippen molar-refractivity contribution in [1.29, 1.82) is 0 Å². The number of para-hydroxylation sites is 1. The highest BCUT2D eigenvalue weighted by Crippen LogP contribution is 2.24. The molecule has 2 aromatic rings. The Balaban J connectivity index is 1.72. The molecular weight excluding hydrogens is 264 g/mol. The summed E-state index contributed by atoms with van der Waals surface area (Å²) in [4.78, 5) is 18.6. The Morgan fingerprint density at radius 2 is 2.00 bits per heavy atom. The molecule has 21 heavy (non-hydrogen) atoms. The van der Waals surface area contributed by atoms with E-state index in [1.807, 2.05) is 42.2 Å². The van der Waals surface area contributed by atoms with Gasteiger partial charge in [-0.3, -0.25) is 4.79 Å². The van der Waals surface area contributed by atoms with Gasteiger partial charge in [0.25, 0.3) is 5.91 Å². The minimum Gasteiger partial charge on any atom is -0.481 e. The maximum absolute atomic E-state index is 12.2. The molecule has 0 spiro atoms. The highest BCUT2D eigenvalue weighted by Gasteiger charge is 2.17. The van der Waals surface area contributed by atoms with Crippen LogP contribution in [-0.4, -0.2) is 35.5 Å². The smallest absolute Gasteiger partial charge is 0.260 e. The van der Waals surface area contributed by atoms with E-state index in [-0.39, 0.29) is 12.5 Å². The van der Waals surface area contributed by atoms with Gasteiger partial charge in [0.15, 0.2) is 6.61 Å². The summed E-state index contributed by atoms with van der Waals surface area (Å²) in [6.45, 7) is 3.76. The number of ether oxygens (including phenoxy) is 1. The molecule has 1 fully saturated rings. The van der Waals surface area contributed by atoms with Crippen molar-refractivity contribution in [1.82, 2.24) is 9.88 Å². The highest BCUT2D eigenvalue weighted by atomic mass is 16.5. The minimum atomic E-state index is 0.0688. The van der Waals surface area contributed by atoms with E-state index in [0.29, 0.717) is 5.75 Å². The molecule has 1 aromatic heterocycles. The number of amides is 1. The predicted molar refractivity (Wildman–Crippen MR) is 82.4 cm³/mol. The van der Waals surface area contributed by atoms with Crippen molar-refractivity contribution in [2.24, 2.45) is 0 Å². The Labute approximate surface area is 124 Å². The van der Waals surface area contributed by atoms with E-state index >= 15 is 0 Å². The Morgan fingerprint density at radius 1 is 1.19 bits per heavy atom. The van der Waals surface area contributed by atoms with Crippen LogP contribution >= 0.6 is 0 Å². The first-order valence-electron chi connectivity index (χ1n) is 7.51. The third-order valence-electron chi connectivity index (χ3n) is 3.88. The lowest BCUT2D eigenvalue weighted by Crippen LogP contribution is -2.38. The largest absolute Gasteiger partial charge is 0.481 e. The second-order valence-corrected chi connectivity index (χ2v) is 5.51. The molecule has 110 valence electrons. The Kier molecular flexibility index (Phi) is 4.04. The van der Waals surface area contributed by atoms with E-state index in [0.717, 1.165) is 42.5 Å². The average Bonchev–Trinajstić information content (AvgIpc) is 2.53. The standard InChI is InChI=1S/C17H20N2O2/c1-13-8-9-14-6-5-7-15(17(14)18-13)21-12-16(20)19-10-3-2-4-11-19/h5-9H,2-4,10-12H2,1H3. The van der Waals surface area contributed by atoms with E-state index in [9.17, 15) is 4.79 Å². The number of benzene rings is 1. The van der Waals surface area contributed by atoms with Gasteiger partial charge in [-0.2, -0.15) is 0 Å². The summed E-state index contributed by atoms with van der Waals surface area (Å²) in [5.74, 6) is 0.751. The summed E-state index contributed by atoms with van der Waals surface area (Å²) < 4.78 is 5.74. The molecule has 0 bridgehead atoms. The van der Waals surface area contributed by atoms with Gasteiger partial charge >= 0.3 is 0 Å². The molecule has 1 aromatic carbocycles. The van der Waals surface area contributed by atoms with Crippen molar-refractivity contribution >= 4 is 16.8 Å². The quantitative estimate of drug-likeness (QED) is 0.870. The lowest BCUT2D eigenvalue weighted by Gasteiger charge is -2.26. The van der Waals surface area contributed by atoms with E-state index in [1.165, 1.54) is 6.42 Å². The molecule has 3 rings (SSSR count). The zero-order chi connectivity index (χ0) is 14.7. The van der Waals surface area contributed by atoms with Crippen LogP contribution in [0.4, 0.5) is 0 Å². The van der Waals surface area contributed by atoms with Gasteiger partial charge in [0.1, 0.15) is 11.3 Å². The number of aromatic nitrogens is 1. The molecule has 1 saturated heterocycles. The molecule has 1 amide bonds. The summed E-state index contributed by atoms with van der Waals surface area (Å²) in [5.41, 5.74) is 1.77. The number of piperidine rings is 1. The number of likely N-dealkylation sites (tertiary alicyclic amines) is 1. The molecule has 0 atom stereocenters. The fourth-order valence-electron chi connectivity index (χ4n) is 2.71. The topological polar surface area (TPSA) is 42.4 Å². The van der Waals surface area contributed by atoms with E-state index < -0.39 is 0 Å². The highest BCUT2D eigenvalue weighted by molar-refractivity contribution is 5.85. The van der Waals surface area contributed by atoms with Gasteiger partial charge in [0.2, 0.25) is 0 Å². The van der Waals surface area contributed by atoms with E-state index in [1.54, 1.807) is 0 Å². The molecule has 4 nitrogen and oxygen atoms in total.